The Morgan fingerprint density at radius 3 is 2.81 bits per heavy atom. The summed E-state index contributed by atoms with van der Waals surface area (Å²) in [5.74, 6) is -0.0492. The van der Waals surface area contributed by atoms with Crippen molar-refractivity contribution in [3.63, 3.8) is 0 Å². The Bertz CT molecular complexity index is 966. The number of nitrogens with zero attached hydrogens (tertiary/aromatic N) is 3. The van der Waals surface area contributed by atoms with E-state index in [0.717, 1.165) is 23.4 Å². The number of halogens is 2. The number of likely N-dealkylation sites (tertiary alicyclic amines) is 1. The first kappa shape index (κ1) is 21.4. The van der Waals surface area contributed by atoms with Crippen molar-refractivity contribution in [3.05, 3.63) is 28.8 Å². The second kappa shape index (κ2) is 9.13. The van der Waals surface area contributed by atoms with Crippen molar-refractivity contribution < 1.29 is 27.8 Å². The summed E-state index contributed by atoms with van der Waals surface area (Å²) in [5.41, 5.74) is 0.763. The van der Waals surface area contributed by atoms with Gasteiger partial charge in [0.2, 0.25) is 16.9 Å². The van der Waals surface area contributed by atoms with Crippen LogP contribution < -0.4 is 14.8 Å². The van der Waals surface area contributed by atoms with Gasteiger partial charge in [-0.15, -0.1) is 10.2 Å². The van der Waals surface area contributed by atoms with Gasteiger partial charge in [0.05, 0.1) is 13.2 Å². The third-order valence-corrected chi connectivity index (χ3v) is 6.12. The Kier molecular flexibility index (Phi) is 6.30. The Morgan fingerprint density at radius 1 is 1.29 bits per heavy atom. The van der Waals surface area contributed by atoms with Crippen LogP contribution in [0.2, 0.25) is 0 Å². The molecule has 1 N–H and O–H groups in total. The molecule has 8 nitrogen and oxygen atoms in total. The average Bonchev–Trinajstić information content (AvgIpc) is 3.36. The summed E-state index contributed by atoms with van der Waals surface area (Å²) in [5, 5.41) is 12.1. The number of carbonyl (C=O) groups is 2. The molecule has 11 heteroatoms. The minimum absolute atomic E-state index is 0.0521. The maximum absolute atomic E-state index is 12.6. The van der Waals surface area contributed by atoms with Gasteiger partial charge >= 0.3 is 6.61 Å². The van der Waals surface area contributed by atoms with Crippen molar-refractivity contribution in [2.24, 2.45) is 0 Å². The van der Waals surface area contributed by atoms with E-state index in [1.807, 2.05) is 0 Å². The summed E-state index contributed by atoms with van der Waals surface area (Å²) in [6.07, 6.45) is 2.43. The maximum Gasteiger partial charge on any atom is 0.387 e. The van der Waals surface area contributed by atoms with E-state index in [0.29, 0.717) is 17.6 Å². The highest BCUT2D eigenvalue weighted by Gasteiger charge is 2.33. The van der Waals surface area contributed by atoms with Gasteiger partial charge in [-0.3, -0.25) is 14.9 Å². The molecule has 0 spiro atoms. The topological polar surface area (TPSA) is 93.7 Å². The normalized spacial score (nSPS) is 18.5. The third kappa shape index (κ3) is 5.27. The van der Waals surface area contributed by atoms with Crippen LogP contribution in [0.15, 0.2) is 18.2 Å². The number of carbonyl (C=O) groups excluding carboxylic acids is 2. The van der Waals surface area contributed by atoms with Gasteiger partial charge in [-0.2, -0.15) is 8.78 Å². The van der Waals surface area contributed by atoms with Gasteiger partial charge in [0.1, 0.15) is 5.01 Å². The van der Waals surface area contributed by atoms with Gasteiger partial charge < -0.3 is 14.4 Å². The standard InChI is InChI=1S/C20H22F2N4O4S/c1-2-29-15-7-12(5-6-14(15)30-19(21)22)13-8-17(28)26(9-13)10-16(27)23-20-25-24-18(31-20)11-3-4-11/h5-7,11,13,19H,2-4,8-10H2,1H3,(H,23,25,27)/t13-/m1/s1. The molecule has 1 aromatic carbocycles. The quantitative estimate of drug-likeness (QED) is 0.627. The molecule has 0 bridgehead atoms. The molecule has 2 amide bonds. The number of aromatic nitrogens is 2. The van der Waals surface area contributed by atoms with Gasteiger partial charge in [0, 0.05) is 24.8 Å². The molecule has 166 valence electrons. The maximum atomic E-state index is 12.6. The Labute approximate surface area is 181 Å². The lowest BCUT2D eigenvalue weighted by atomic mass is 9.98. The molecule has 2 heterocycles. The third-order valence-electron chi connectivity index (χ3n) is 5.12. The van der Waals surface area contributed by atoms with E-state index in [2.05, 4.69) is 20.3 Å². The molecule has 1 saturated carbocycles. The highest BCUT2D eigenvalue weighted by molar-refractivity contribution is 7.15. The molecule has 1 aromatic heterocycles. The fourth-order valence-electron chi connectivity index (χ4n) is 3.50. The molecular formula is C20H22F2N4O4S. The van der Waals surface area contributed by atoms with Crippen molar-refractivity contribution in [2.45, 2.75) is 44.6 Å². The molecule has 4 rings (SSSR count). The molecule has 1 saturated heterocycles. The Balaban J connectivity index is 1.37. The lowest BCUT2D eigenvalue weighted by molar-refractivity contribution is -0.131. The highest BCUT2D eigenvalue weighted by atomic mass is 32.1. The van der Waals surface area contributed by atoms with Gasteiger partial charge in [-0.25, -0.2) is 0 Å². The predicted molar refractivity (Wildman–Crippen MR) is 109 cm³/mol. The molecule has 1 aliphatic carbocycles. The summed E-state index contributed by atoms with van der Waals surface area (Å²) >= 11 is 1.36. The Hall–Kier alpha value is -2.82. The number of anilines is 1. The summed E-state index contributed by atoms with van der Waals surface area (Å²) in [6, 6.07) is 4.67. The fourth-order valence-corrected chi connectivity index (χ4v) is 4.43. The van der Waals surface area contributed by atoms with E-state index in [9.17, 15) is 18.4 Å². The number of hydrogen-bond donors (Lipinski definition) is 1. The van der Waals surface area contributed by atoms with E-state index < -0.39 is 6.61 Å². The molecule has 31 heavy (non-hydrogen) atoms. The van der Waals surface area contributed by atoms with Crippen LogP contribution >= 0.6 is 11.3 Å². The highest BCUT2D eigenvalue weighted by Crippen LogP contribution is 2.42. The fraction of sp³-hybridized carbons (Fsp3) is 0.500. The minimum atomic E-state index is -2.96. The molecule has 0 radical (unpaired) electrons. The molecule has 1 atom stereocenters. The average molecular weight is 452 g/mol. The molecular weight excluding hydrogens is 430 g/mol. The zero-order valence-corrected chi connectivity index (χ0v) is 17.7. The van der Waals surface area contributed by atoms with Crippen LogP contribution in [0.5, 0.6) is 11.5 Å². The van der Waals surface area contributed by atoms with E-state index in [-0.39, 0.29) is 48.8 Å². The van der Waals surface area contributed by atoms with Gasteiger partial charge in [-0.05, 0) is 37.5 Å². The number of nitrogens with one attached hydrogen (secondary N) is 1. The van der Waals surface area contributed by atoms with Crippen molar-refractivity contribution >= 4 is 28.3 Å². The van der Waals surface area contributed by atoms with Crippen LogP contribution in [0.3, 0.4) is 0 Å². The first-order chi connectivity index (χ1) is 14.9. The van der Waals surface area contributed by atoms with Crippen LogP contribution in [0.25, 0.3) is 0 Å². The van der Waals surface area contributed by atoms with Crippen molar-refractivity contribution in [1.82, 2.24) is 15.1 Å². The van der Waals surface area contributed by atoms with Crippen molar-refractivity contribution in [2.75, 3.05) is 25.0 Å². The van der Waals surface area contributed by atoms with Gasteiger partial charge in [0.15, 0.2) is 11.5 Å². The predicted octanol–water partition coefficient (Wildman–Crippen LogP) is 3.37. The molecule has 2 aliphatic rings. The first-order valence-electron chi connectivity index (χ1n) is 10.1. The number of hydrogen-bond acceptors (Lipinski definition) is 7. The molecule has 0 unspecified atom stereocenters. The van der Waals surface area contributed by atoms with Crippen LogP contribution in [-0.2, 0) is 9.59 Å². The monoisotopic (exact) mass is 452 g/mol. The molecule has 1 aliphatic heterocycles. The number of rotatable bonds is 9. The zero-order chi connectivity index (χ0) is 22.0. The SMILES string of the molecule is CCOc1cc([C@@H]2CC(=O)N(CC(=O)Nc3nnc(C4CC4)s3)C2)ccc1OC(F)F. The van der Waals surface area contributed by atoms with E-state index in [4.69, 9.17) is 4.74 Å². The summed E-state index contributed by atoms with van der Waals surface area (Å²) in [4.78, 5) is 26.3. The van der Waals surface area contributed by atoms with E-state index in [1.54, 1.807) is 19.1 Å². The number of amides is 2. The largest absolute Gasteiger partial charge is 0.490 e. The summed E-state index contributed by atoms with van der Waals surface area (Å²) < 4.78 is 35.1. The second-order valence-corrected chi connectivity index (χ2v) is 8.47. The number of benzene rings is 1. The number of alkyl halides is 2. The van der Waals surface area contributed by atoms with E-state index >= 15 is 0 Å². The van der Waals surface area contributed by atoms with Gasteiger partial charge in [-0.1, -0.05) is 17.4 Å². The van der Waals surface area contributed by atoms with E-state index in [1.165, 1.54) is 22.3 Å². The lowest BCUT2D eigenvalue weighted by Crippen LogP contribution is -2.34. The van der Waals surface area contributed by atoms with Crippen LogP contribution in [-0.4, -0.2) is 53.2 Å². The summed E-state index contributed by atoms with van der Waals surface area (Å²) in [7, 11) is 0. The first-order valence-corrected chi connectivity index (χ1v) is 10.9. The second-order valence-electron chi connectivity index (χ2n) is 7.46. The zero-order valence-electron chi connectivity index (χ0n) is 16.8. The smallest absolute Gasteiger partial charge is 0.387 e. The van der Waals surface area contributed by atoms with Crippen LogP contribution in [0, 0.1) is 0 Å². The number of ether oxygens (including phenoxy) is 2. The lowest BCUT2D eigenvalue weighted by Gasteiger charge is -2.17. The van der Waals surface area contributed by atoms with Crippen molar-refractivity contribution in [1.29, 1.82) is 0 Å². The summed E-state index contributed by atoms with van der Waals surface area (Å²) in [6.45, 7) is -0.674. The molecule has 2 fully saturated rings. The Morgan fingerprint density at radius 2 is 2.10 bits per heavy atom. The minimum Gasteiger partial charge on any atom is -0.490 e. The van der Waals surface area contributed by atoms with Gasteiger partial charge in [0.25, 0.3) is 0 Å². The molecule has 2 aromatic rings. The van der Waals surface area contributed by atoms with Crippen molar-refractivity contribution in [3.8, 4) is 11.5 Å². The van der Waals surface area contributed by atoms with Crippen LogP contribution in [0.4, 0.5) is 13.9 Å². The van der Waals surface area contributed by atoms with Crippen LogP contribution in [0.1, 0.15) is 48.6 Å².